The van der Waals surface area contributed by atoms with E-state index in [1.165, 1.54) is 0 Å². The largest absolute Gasteiger partial charge is 0.457 e. The monoisotopic (exact) mass is 564 g/mol. The van der Waals surface area contributed by atoms with Crippen LogP contribution in [0, 0.1) is 0 Å². The number of ether oxygens (including phenoxy) is 3. The van der Waals surface area contributed by atoms with Gasteiger partial charge in [-0.1, -0.05) is 45.2 Å². The molecule has 0 aromatic heterocycles. The van der Waals surface area contributed by atoms with Gasteiger partial charge >= 0.3 is 18.1 Å². The highest BCUT2D eigenvalue weighted by atomic mass is 127. The topological polar surface area (TPSA) is 61.8 Å². The number of hydrogen-bond acceptors (Lipinski definition) is 5. The first-order valence-corrected chi connectivity index (χ1v) is 9.61. The summed E-state index contributed by atoms with van der Waals surface area (Å²) >= 11 is 4.01. The second-order valence-electron chi connectivity index (χ2n) is 5.06. The van der Waals surface area contributed by atoms with Gasteiger partial charge in [-0.3, -0.25) is 9.59 Å². The molecule has 0 radical (unpaired) electrons. The van der Waals surface area contributed by atoms with Gasteiger partial charge in [-0.25, -0.2) is 0 Å². The van der Waals surface area contributed by atoms with Crippen LogP contribution in [0.5, 0.6) is 0 Å². The zero-order valence-corrected chi connectivity index (χ0v) is 16.8. The van der Waals surface area contributed by atoms with Gasteiger partial charge in [0.25, 0.3) is 0 Å². The van der Waals surface area contributed by atoms with Crippen molar-refractivity contribution in [2.24, 2.45) is 0 Å². The van der Waals surface area contributed by atoms with Crippen molar-refractivity contribution in [2.45, 2.75) is 61.2 Å². The van der Waals surface area contributed by atoms with Gasteiger partial charge in [0.1, 0.15) is 0 Å². The Hall–Kier alpha value is 0.150. The molecule has 1 fully saturated rings. The van der Waals surface area contributed by atoms with Gasteiger partial charge in [0.2, 0.25) is 0 Å². The van der Waals surface area contributed by atoms with Crippen LogP contribution in [0.15, 0.2) is 0 Å². The molecule has 23 heavy (non-hydrogen) atoms. The first-order chi connectivity index (χ1) is 10.6. The molecule has 5 atom stereocenters. The molecule has 134 valence electrons. The van der Waals surface area contributed by atoms with Gasteiger partial charge in [-0.05, 0) is 17.3 Å². The Morgan fingerprint density at radius 1 is 1.13 bits per heavy atom. The van der Waals surface area contributed by atoms with Gasteiger partial charge in [-0.15, -0.1) is 0 Å². The van der Waals surface area contributed by atoms with E-state index in [1.807, 2.05) is 22.6 Å². The first kappa shape index (κ1) is 21.2. The van der Waals surface area contributed by atoms with Crippen molar-refractivity contribution in [3.8, 4) is 0 Å². The number of halogens is 5. The molecule has 1 aliphatic rings. The molecule has 0 N–H and O–H groups in total. The zero-order chi connectivity index (χ0) is 17.8. The molecule has 1 rings (SSSR count). The average Bonchev–Trinajstić information content (AvgIpc) is 2.39. The smallest absolute Gasteiger partial charge is 0.418 e. The van der Waals surface area contributed by atoms with Crippen LogP contribution in [0.4, 0.5) is 13.2 Å². The van der Waals surface area contributed by atoms with Crippen LogP contribution in [-0.4, -0.2) is 50.9 Å². The first-order valence-electron chi connectivity index (χ1n) is 6.84. The highest BCUT2D eigenvalue weighted by molar-refractivity contribution is 14.1. The number of alkyl halides is 5. The van der Waals surface area contributed by atoms with Crippen molar-refractivity contribution < 1.29 is 37.0 Å². The Bertz CT molecular complexity index is 432. The second-order valence-corrected chi connectivity index (χ2v) is 7.58. The Labute approximate surface area is 159 Å². The van der Waals surface area contributed by atoms with Crippen molar-refractivity contribution in [1.82, 2.24) is 0 Å². The lowest BCUT2D eigenvalue weighted by molar-refractivity contribution is -0.291. The van der Waals surface area contributed by atoms with Crippen LogP contribution in [-0.2, 0) is 23.8 Å². The molecule has 0 saturated carbocycles. The lowest BCUT2D eigenvalue weighted by Gasteiger charge is -2.44. The van der Waals surface area contributed by atoms with E-state index in [-0.39, 0.29) is 0 Å². The highest BCUT2D eigenvalue weighted by Crippen LogP contribution is 2.39. The summed E-state index contributed by atoms with van der Waals surface area (Å²) in [5.74, 6) is -1.62. The van der Waals surface area contributed by atoms with Crippen molar-refractivity contribution >= 4 is 57.1 Å². The van der Waals surface area contributed by atoms with E-state index in [9.17, 15) is 22.8 Å². The maximum Gasteiger partial charge on any atom is 0.418 e. The molecule has 1 aliphatic heterocycles. The quantitative estimate of drug-likeness (QED) is 0.292. The maximum atomic E-state index is 13.3. The van der Waals surface area contributed by atoms with Crippen molar-refractivity contribution in [1.29, 1.82) is 0 Å². The van der Waals surface area contributed by atoms with E-state index in [4.69, 9.17) is 14.2 Å². The van der Waals surface area contributed by atoms with Gasteiger partial charge in [-0.2, -0.15) is 13.2 Å². The van der Waals surface area contributed by atoms with E-state index < -0.39 is 46.5 Å². The molecule has 0 bridgehead atoms. The number of rotatable bonds is 5. The van der Waals surface area contributed by atoms with Gasteiger partial charge < -0.3 is 14.2 Å². The third-order valence-corrected chi connectivity index (χ3v) is 5.44. The summed E-state index contributed by atoms with van der Waals surface area (Å²) in [5, 5.41) is 0. The Kier molecular flexibility index (Phi) is 8.31. The molecule has 10 heteroatoms. The number of carbonyl (C=O) groups is 2. The molecule has 0 aromatic carbocycles. The lowest BCUT2D eigenvalue weighted by Crippen LogP contribution is -2.62. The minimum absolute atomic E-state index is 0.397. The molecule has 5 unspecified atom stereocenters. The second kappa shape index (κ2) is 9.02. The van der Waals surface area contributed by atoms with Crippen LogP contribution in [0.1, 0.15) is 26.7 Å². The summed E-state index contributed by atoms with van der Waals surface area (Å²) in [6.07, 6.45) is -9.66. The summed E-state index contributed by atoms with van der Waals surface area (Å²) in [4.78, 5) is 22.5. The summed E-state index contributed by atoms with van der Waals surface area (Å²) in [6.45, 7) is 2.11. The highest BCUT2D eigenvalue weighted by Gasteiger charge is 2.58. The van der Waals surface area contributed by atoms with Crippen molar-refractivity contribution in [3.63, 3.8) is 0 Å². The molecule has 0 spiro atoms. The van der Waals surface area contributed by atoms with Gasteiger partial charge in [0.05, 0.1) is 10.0 Å². The molecular weight excluding hydrogens is 547 g/mol. The standard InChI is InChI=1S/C13H17F3I2O5/c1-6(19)21-10-9(18)8(4-3-5-17)23-12(13(14,15)16)11(10)22-7(2)20/h8-12H,3-5H2,1-2H3. The summed E-state index contributed by atoms with van der Waals surface area (Å²) in [7, 11) is 0. The van der Waals surface area contributed by atoms with Crippen LogP contribution in [0.3, 0.4) is 0 Å². The third kappa shape index (κ3) is 6.18. The fraction of sp³-hybridized carbons (Fsp3) is 0.846. The molecule has 1 saturated heterocycles. The molecule has 1 heterocycles. The maximum absolute atomic E-state index is 13.3. The van der Waals surface area contributed by atoms with E-state index in [0.717, 1.165) is 18.3 Å². The molecule has 0 amide bonds. The number of esters is 2. The molecule has 0 aromatic rings. The van der Waals surface area contributed by atoms with E-state index >= 15 is 0 Å². The normalized spacial score (nSPS) is 31.5. The summed E-state index contributed by atoms with van der Waals surface area (Å²) in [6, 6.07) is 0. The van der Waals surface area contributed by atoms with Crippen LogP contribution >= 0.6 is 45.2 Å². The summed E-state index contributed by atoms with van der Waals surface area (Å²) < 4.78 is 55.2. The summed E-state index contributed by atoms with van der Waals surface area (Å²) in [5.41, 5.74) is 0. The van der Waals surface area contributed by atoms with Crippen molar-refractivity contribution in [2.75, 3.05) is 4.43 Å². The predicted molar refractivity (Wildman–Crippen MR) is 91.8 cm³/mol. The fourth-order valence-corrected chi connectivity index (χ4v) is 3.84. The minimum Gasteiger partial charge on any atom is -0.457 e. The Morgan fingerprint density at radius 2 is 1.65 bits per heavy atom. The molecule has 5 nitrogen and oxygen atoms in total. The van der Waals surface area contributed by atoms with Crippen LogP contribution in [0.2, 0.25) is 0 Å². The molecule has 0 aliphatic carbocycles. The fourth-order valence-electron chi connectivity index (χ4n) is 2.32. The lowest BCUT2D eigenvalue weighted by atomic mass is 9.94. The predicted octanol–water partition coefficient (Wildman–Crippen LogP) is 3.20. The van der Waals surface area contributed by atoms with E-state index in [0.29, 0.717) is 12.8 Å². The van der Waals surface area contributed by atoms with Gasteiger partial charge in [0, 0.05) is 13.8 Å². The van der Waals surface area contributed by atoms with Crippen LogP contribution in [0.25, 0.3) is 0 Å². The molecular formula is C13H17F3I2O5. The number of carbonyl (C=O) groups excluding carboxylic acids is 2. The SMILES string of the molecule is CC(=O)OC1C(I)C(CCCI)OC(C(F)(F)F)C1OC(C)=O. The van der Waals surface area contributed by atoms with Crippen LogP contribution < -0.4 is 0 Å². The Balaban J connectivity index is 3.13. The van der Waals surface area contributed by atoms with Crippen molar-refractivity contribution in [3.05, 3.63) is 0 Å². The Morgan fingerprint density at radius 3 is 2.09 bits per heavy atom. The average molecular weight is 564 g/mol. The third-order valence-electron chi connectivity index (χ3n) is 3.16. The number of hydrogen-bond donors (Lipinski definition) is 0. The van der Waals surface area contributed by atoms with E-state index in [1.54, 1.807) is 0 Å². The van der Waals surface area contributed by atoms with E-state index in [2.05, 4.69) is 22.6 Å². The minimum atomic E-state index is -4.74. The zero-order valence-electron chi connectivity index (χ0n) is 12.4. The van der Waals surface area contributed by atoms with Gasteiger partial charge in [0.15, 0.2) is 18.3 Å².